The first-order valence-electron chi connectivity index (χ1n) is 7.88. The van der Waals surface area contributed by atoms with Gasteiger partial charge in [-0.1, -0.05) is 41.9 Å². The fourth-order valence-corrected chi connectivity index (χ4v) is 2.77. The molecule has 0 unspecified atom stereocenters. The van der Waals surface area contributed by atoms with Gasteiger partial charge in [0, 0.05) is 5.56 Å². The Morgan fingerprint density at radius 1 is 0.720 bits per heavy atom. The van der Waals surface area contributed by atoms with Crippen molar-refractivity contribution in [2.45, 2.75) is 0 Å². The van der Waals surface area contributed by atoms with E-state index in [4.69, 9.17) is 11.6 Å². The summed E-state index contributed by atoms with van der Waals surface area (Å²) in [7, 11) is 0. The molecule has 0 bridgehead atoms. The summed E-state index contributed by atoms with van der Waals surface area (Å²) in [6.07, 6.45) is 1.75. The van der Waals surface area contributed by atoms with E-state index in [-0.39, 0.29) is 0 Å². The van der Waals surface area contributed by atoms with Crippen molar-refractivity contribution in [2.75, 3.05) is 10.9 Å². The van der Waals surface area contributed by atoms with Crippen molar-refractivity contribution in [2.24, 2.45) is 0 Å². The quantitative estimate of drug-likeness (QED) is 0.486. The van der Waals surface area contributed by atoms with Crippen molar-refractivity contribution in [1.29, 1.82) is 0 Å². The lowest BCUT2D eigenvalue weighted by Crippen LogP contribution is -2.08. The molecule has 2 N–H and O–H groups in total. The van der Waals surface area contributed by atoms with E-state index in [0.29, 0.717) is 5.02 Å². The number of benzene rings is 3. The number of nitrogens with one attached hydrogen (secondary N) is 2. The number of aromatic nitrogens is 2. The molecule has 0 aliphatic carbocycles. The Morgan fingerprint density at radius 2 is 1.44 bits per heavy atom. The van der Waals surface area contributed by atoms with E-state index in [1.165, 1.54) is 0 Å². The predicted octanol–water partition coefficient (Wildman–Crippen LogP) is 5.39. The van der Waals surface area contributed by atoms with Crippen LogP contribution in [0.3, 0.4) is 0 Å². The van der Waals surface area contributed by atoms with E-state index >= 15 is 0 Å². The zero-order chi connectivity index (χ0) is 17.1. The molecule has 0 aliphatic heterocycles. The van der Waals surface area contributed by atoms with Crippen molar-refractivity contribution in [3.05, 3.63) is 84.0 Å². The molecule has 122 valence electrons. The van der Waals surface area contributed by atoms with Crippen LogP contribution in [-0.4, -0.2) is 9.97 Å². The zero-order valence-electron chi connectivity index (χ0n) is 13.3. The third-order valence-electron chi connectivity index (χ3n) is 3.82. The van der Waals surface area contributed by atoms with Gasteiger partial charge in [0.25, 0.3) is 0 Å². The molecular weight excluding hydrogens is 332 g/mol. The van der Waals surface area contributed by atoms with Gasteiger partial charge in [-0.05, 0) is 42.5 Å². The van der Waals surface area contributed by atoms with Gasteiger partial charge < -0.3 is 10.9 Å². The Bertz CT molecular complexity index is 1020. The molecule has 0 atom stereocenters. The van der Waals surface area contributed by atoms with Crippen LogP contribution in [0.25, 0.3) is 22.3 Å². The maximum absolute atomic E-state index is 6.38. The lowest BCUT2D eigenvalue weighted by atomic mass is 10.1. The summed E-state index contributed by atoms with van der Waals surface area (Å²) >= 11 is 6.38. The van der Waals surface area contributed by atoms with Crippen LogP contribution in [0.2, 0.25) is 5.02 Å². The first-order valence-corrected chi connectivity index (χ1v) is 8.26. The normalized spacial score (nSPS) is 10.6. The highest BCUT2D eigenvalue weighted by Crippen LogP contribution is 2.30. The average molecular weight is 347 g/mol. The standard InChI is InChI=1S/C20H15ClN4/c21-17-11-10-15(25-24-14-6-2-1-3-7-14)12-16(17)20-13-22-18-8-4-5-9-19(18)23-20/h1-13,24-25H. The van der Waals surface area contributed by atoms with Gasteiger partial charge in [0.1, 0.15) is 0 Å². The molecule has 1 aromatic heterocycles. The Kier molecular flexibility index (Phi) is 4.19. The molecule has 4 nitrogen and oxygen atoms in total. The summed E-state index contributed by atoms with van der Waals surface area (Å²) in [6, 6.07) is 23.4. The summed E-state index contributed by atoms with van der Waals surface area (Å²) in [5.74, 6) is 0. The minimum Gasteiger partial charge on any atom is -0.301 e. The van der Waals surface area contributed by atoms with E-state index < -0.39 is 0 Å². The van der Waals surface area contributed by atoms with Crippen LogP contribution in [0.15, 0.2) is 79.0 Å². The third-order valence-corrected chi connectivity index (χ3v) is 4.15. The number of hydrogen-bond acceptors (Lipinski definition) is 4. The van der Waals surface area contributed by atoms with E-state index in [0.717, 1.165) is 33.7 Å². The SMILES string of the molecule is Clc1ccc(NNc2ccccc2)cc1-c1cnc2ccccc2n1. The molecule has 5 heteroatoms. The van der Waals surface area contributed by atoms with Crippen LogP contribution >= 0.6 is 11.6 Å². The minimum absolute atomic E-state index is 0.634. The van der Waals surface area contributed by atoms with Crippen LogP contribution < -0.4 is 10.9 Å². The number of hydrogen-bond donors (Lipinski definition) is 2. The van der Waals surface area contributed by atoms with Gasteiger partial charge in [-0.25, -0.2) is 4.98 Å². The molecule has 4 rings (SSSR count). The molecule has 25 heavy (non-hydrogen) atoms. The lowest BCUT2D eigenvalue weighted by molar-refractivity contribution is 1.29. The number of halogens is 1. The summed E-state index contributed by atoms with van der Waals surface area (Å²) in [4.78, 5) is 9.14. The van der Waals surface area contributed by atoms with E-state index in [2.05, 4.69) is 20.8 Å². The second-order valence-corrected chi connectivity index (χ2v) is 5.96. The van der Waals surface area contributed by atoms with E-state index in [9.17, 15) is 0 Å². The molecule has 0 radical (unpaired) electrons. The monoisotopic (exact) mass is 346 g/mol. The molecule has 0 fully saturated rings. The van der Waals surface area contributed by atoms with Gasteiger partial charge in [0.2, 0.25) is 0 Å². The Balaban J connectivity index is 1.64. The average Bonchev–Trinajstić information content (AvgIpc) is 2.68. The maximum Gasteiger partial charge on any atom is 0.0908 e. The fraction of sp³-hybridized carbons (Fsp3) is 0. The van der Waals surface area contributed by atoms with Crippen molar-refractivity contribution >= 4 is 34.0 Å². The lowest BCUT2D eigenvalue weighted by Gasteiger charge is -2.12. The molecule has 4 aromatic rings. The molecule has 0 aliphatic rings. The molecular formula is C20H15ClN4. The van der Waals surface area contributed by atoms with Gasteiger partial charge >= 0.3 is 0 Å². The van der Waals surface area contributed by atoms with Crippen molar-refractivity contribution in [1.82, 2.24) is 9.97 Å². The topological polar surface area (TPSA) is 49.8 Å². The molecule has 0 saturated carbocycles. The highest BCUT2D eigenvalue weighted by atomic mass is 35.5. The van der Waals surface area contributed by atoms with Gasteiger partial charge in [0.15, 0.2) is 0 Å². The maximum atomic E-state index is 6.38. The highest BCUT2D eigenvalue weighted by Gasteiger charge is 2.08. The first kappa shape index (κ1) is 15.4. The Labute approximate surface area is 150 Å². The van der Waals surface area contributed by atoms with Gasteiger partial charge in [0.05, 0.1) is 39.3 Å². The van der Waals surface area contributed by atoms with Gasteiger partial charge in [-0.2, -0.15) is 0 Å². The first-order chi connectivity index (χ1) is 12.3. The smallest absolute Gasteiger partial charge is 0.0908 e. The van der Waals surface area contributed by atoms with Gasteiger partial charge in [-0.3, -0.25) is 4.98 Å². The summed E-state index contributed by atoms with van der Waals surface area (Å²) in [5.41, 5.74) is 11.5. The second kappa shape index (κ2) is 6.79. The second-order valence-electron chi connectivity index (χ2n) is 5.55. The molecule has 0 spiro atoms. The number of nitrogens with zero attached hydrogens (tertiary/aromatic N) is 2. The predicted molar refractivity (Wildman–Crippen MR) is 104 cm³/mol. The van der Waals surface area contributed by atoms with Crippen LogP contribution in [0.1, 0.15) is 0 Å². The van der Waals surface area contributed by atoms with E-state index in [1.807, 2.05) is 72.8 Å². The minimum atomic E-state index is 0.634. The van der Waals surface area contributed by atoms with E-state index in [1.54, 1.807) is 6.20 Å². The Hall–Kier alpha value is -3.11. The highest BCUT2D eigenvalue weighted by molar-refractivity contribution is 6.33. The summed E-state index contributed by atoms with van der Waals surface area (Å²) in [6.45, 7) is 0. The van der Waals surface area contributed by atoms with Crippen molar-refractivity contribution in [3.63, 3.8) is 0 Å². The van der Waals surface area contributed by atoms with Crippen LogP contribution in [0.5, 0.6) is 0 Å². The Morgan fingerprint density at radius 3 is 2.28 bits per heavy atom. The molecule has 0 amide bonds. The van der Waals surface area contributed by atoms with Crippen molar-refractivity contribution < 1.29 is 0 Å². The number of para-hydroxylation sites is 3. The summed E-state index contributed by atoms with van der Waals surface area (Å²) < 4.78 is 0. The van der Waals surface area contributed by atoms with Crippen LogP contribution in [0.4, 0.5) is 11.4 Å². The largest absolute Gasteiger partial charge is 0.301 e. The molecule has 0 saturated heterocycles. The zero-order valence-corrected chi connectivity index (χ0v) is 14.0. The summed E-state index contributed by atoms with van der Waals surface area (Å²) in [5, 5.41) is 0.634. The van der Waals surface area contributed by atoms with Crippen LogP contribution in [-0.2, 0) is 0 Å². The van der Waals surface area contributed by atoms with Crippen LogP contribution in [0, 0.1) is 0 Å². The molecule has 1 heterocycles. The number of hydrazine groups is 1. The number of anilines is 2. The fourth-order valence-electron chi connectivity index (χ4n) is 2.55. The molecule has 3 aromatic carbocycles. The number of rotatable bonds is 4. The third kappa shape index (κ3) is 3.39. The van der Waals surface area contributed by atoms with Gasteiger partial charge in [-0.15, -0.1) is 0 Å². The van der Waals surface area contributed by atoms with Crippen molar-refractivity contribution in [3.8, 4) is 11.3 Å². The number of fused-ring (bicyclic) bond motifs is 1.